The van der Waals surface area contributed by atoms with Crippen LogP contribution in [0.4, 0.5) is 10.5 Å². The third kappa shape index (κ3) is 7.25. The van der Waals surface area contributed by atoms with Crippen molar-refractivity contribution in [3.63, 3.8) is 0 Å². The number of para-hydroxylation sites is 1. The number of anilines is 1. The van der Waals surface area contributed by atoms with Crippen LogP contribution in [0, 0.1) is 0 Å². The van der Waals surface area contributed by atoms with Crippen molar-refractivity contribution in [2.75, 3.05) is 18.9 Å². The molecule has 4 rings (SSSR count). The Morgan fingerprint density at radius 2 is 1.45 bits per heavy atom. The topological polar surface area (TPSA) is 74.0 Å². The minimum atomic E-state index is -2.78. The summed E-state index contributed by atoms with van der Waals surface area (Å²) in [6.45, 7) is 15.4. The maximum Gasteiger partial charge on any atom is 0.410 e. The van der Waals surface area contributed by atoms with Gasteiger partial charge in [-0.15, -0.1) is 0 Å². The number of nitrogens with zero attached hydrogens (tertiary/aromatic N) is 1. The van der Waals surface area contributed by atoms with E-state index in [4.69, 9.17) is 19.6 Å². The SMILES string of the molecule is C[C@@H]1[C@@H](CO[Si](c2ccccc2)(c2ccccc2)C(C)(C)C)O[C@H](CCc2ccccc2N)CN1C(=O)OC(C)(C)C. The van der Waals surface area contributed by atoms with E-state index < -0.39 is 13.9 Å². The molecule has 1 heterocycles. The Kier molecular flexibility index (Phi) is 9.86. The van der Waals surface area contributed by atoms with Crippen molar-refractivity contribution in [3.05, 3.63) is 90.5 Å². The van der Waals surface area contributed by atoms with E-state index >= 15 is 0 Å². The first-order valence-electron chi connectivity index (χ1n) is 15.1. The van der Waals surface area contributed by atoms with Gasteiger partial charge in [0.05, 0.1) is 25.3 Å². The van der Waals surface area contributed by atoms with E-state index in [0.29, 0.717) is 13.2 Å². The molecule has 226 valence electrons. The highest BCUT2D eigenvalue weighted by molar-refractivity contribution is 6.99. The Hall–Kier alpha value is -3.13. The lowest BCUT2D eigenvalue weighted by atomic mass is 10.0. The molecule has 3 aromatic rings. The lowest BCUT2D eigenvalue weighted by molar-refractivity contribution is -0.127. The molecule has 7 heteroatoms. The number of amides is 1. The zero-order chi connectivity index (χ0) is 30.5. The molecule has 1 aliphatic heterocycles. The van der Waals surface area contributed by atoms with Crippen LogP contribution in [-0.2, 0) is 20.3 Å². The van der Waals surface area contributed by atoms with Gasteiger partial charge in [0, 0.05) is 5.69 Å². The fraction of sp³-hybridized carbons (Fsp3) is 0.457. The van der Waals surface area contributed by atoms with Crippen molar-refractivity contribution in [3.8, 4) is 0 Å². The highest BCUT2D eigenvalue weighted by Crippen LogP contribution is 2.37. The molecule has 1 aliphatic rings. The van der Waals surface area contributed by atoms with Gasteiger partial charge < -0.3 is 24.5 Å². The molecule has 0 radical (unpaired) electrons. The quantitative estimate of drug-likeness (QED) is 0.252. The van der Waals surface area contributed by atoms with Gasteiger partial charge in [-0.25, -0.2) is 4.79 Å². The molecule has 0 aliphatic carbocycles. The average molecular weight is 589 g/mol. The number of benzene rings is 3. The summed E-state index contributed by atoms with van der Waals surface area (Å²) in [6.07, 6.45) is 0.664. The van der Waals surface area contributed by atoms with Crippen molar-refractivity contribution >= 4 is 30.5 Å². The van der Waals surface area contributed by atoms with Crippen molar-refractivity contribution in [1.29, 1.82) is 0 Å². The number of ether oxygens (including phenoxy) is 2. The number of rotatable bonds is 8. The molecule has 3 atom stereocenters. The summed E-state index contributed by atoms with van der Waals surface area (Å²) < 4.78 is 19.9. The lowest BCUT2D eigenvalue weighted by Crippen LogP contribution is -2.68. The molecule has 1 amide bonds. The molecule has 1 saturated heterocycles. The fourth-order valence-electron chi connectivity index (χ4n) is 5.94. The molecular weight excluding hydrogens is 540 g/mol. The van der Waals surface area contributed by atoms with Crippen molar-refractivity contribution in [2.24, 2.45) is 0 Å². The number of aryl methyl sites for hydroxylation is 1. The van der Waals surface area contributed by atoms with Gasteiger partial charge in [0.15, 0.2) is 0 Å². The van der Waals surface area contributed by atoms with Crippen LogP contribution in [0.1, 0.15) is 60.5 Å². The van der Waals surface area contributed by atoms with E-state index in [-0.39, 0.29) is 29.4 Å². The van der Waals surface area contributed by atoms with Crippen LogP contribution < -0.4 is 16.1 Å². The molecule has 1 fully saturated rings. The van der Waals surface area contributed by atoms with Gasteiger partial charge in [0.25, 0.3) is 8.32 Å². The second-order valence-electron chi connectivity index (χ2n) is 13.4. The predicted octanol–water partition coefficient (Wildman–Crippen LogP) is 6.17. The Balaban J connectivity index is 1.65. The molecule has 0 spiro atoms. The Morgan fingerprint density at radius 3 is 1.98 bits per heavy atom. The first kappa shape index (κ1) is 31.8. The third-order valence-corrected chi connectivity index (χ3v) is 13.1. The highest BCUT2D eigenvalue weighted by Gasteiger charge is 2.51. The third-order valence-electron chi connectivity index (χ3n) is 8.10. The summed E-state index contributed by atoms with van der Waals surface area (Å²) in [4.78, 5) is 15.3. The van der Waals surface area contributed by atoms with Crippen LogP contribution in [0.2, 0.25) is 5.04 Å². The lowest BCUT2D eigenvalue weighted by Gasteiger charge is -2.47. The van der Waals surface area contributed by atoms with Crippen molar-refractivity contribution in [2.45, 2.75) is 90.2 Å². The summed E-state index contributed by atoms with van der Waals surface area (Å²) in [7, 11) is -2.78. The molecular formula is C35H48N2O4Si. The van der Waals surface area contributed by atoms with E-state index in [0.717, 1.165) is 24.1 Å². The van der Waals surface area contributed by atoms with Gasteiger partial charge in [0.2, 0.25) is 0 Å². The van der Waals surface area contributed by atoms with E-state index in [2.05, 4.69) is 75.4 Å². The summed E-state index contributed by atoms with van der Waals surface area (Å²) in [6, 6.07) is 28.9. The second-order valence-corrected chi connectivity index (χ2v) is 17.7. The number of carbonyl (C=O) groups excluding carboxylic acids is 1. The number of nitrogen functional groups attached to an aromatic ring is 1. The summed E-state index contributed by atoms with van der Waals surface area (Å²) in [5, 5.41) is 2.27. The maximum absolute atomic E-state index is 13.4. The average Bonchev–Trinajstić information content (AvgIpc) is 2.93. The van der Waals surface area contributed by atoms with Crippen LogP contribution in [0.3, 0.4) is 0 Å². The number of carbonyl (C=O) groups is 1. The van der Waals surface area contributed by atoms with E-state index in [9.17, 15) is 4.79 Å². The standard InChI is InChI=1S/C35H48N2O4Si/c1-26-32(25-39-42(35(5,6)7,29-17-10-8-11-18-29)30-19-12-9-13-20-30)40-28(23-22-27-16-14-15-21-31(27)36)24-37(26)33(38)41-34(2,3)4/h8-21,26,28,32H,22-25,36H2,1-7H3/t26-,28-,32-/m1/s1. The van der Waals surface area contributed by atoms with Crippen LogP contribution in [0.15, 0.2) is 84.9 Å². The molecule has 0 bridgehead atoms. The monoisotopic (exact) mass is 588 g/mol. The number of morpholine rings is 1. The van der Waals surface area contributed by atoms with Gasteiger partial charge in [-0.2, -0.15) is 0 Å². The normalized spacial score (nSPS) is 19.9. The second kappa shape index (κ2) is 13.0. The molecule has 6 nitrogen and oxygen atoms in total. The molecule has 42 heavy (non-hydrogen) atoms. The van der Waals surface area contributed by atoms with Gasteiger partial charge in [0.1, 0.15) is 11.7 Å². The molecule has 2 N–H and O–H groups in total. The van der Waals surface area contributed by atoms with E-state index in [1.54, 1.807) is 0 Å². The van der Waals surface area contributed by atoms with Crippen molar-refractivity contribution in [1.82, 2.24) is 4.90 Å². The van der Waals surface area contributed by atoms with Gasteiger partial charge in [-0.05, 0) is 67.6 Å². The van der Waals surface area contributed by atoms with Crippen LogP contribution in [0.5, 0.6) is 0 Å². The largest absolute Gasteiger partial charge is 0.444 e. The zero-order valence-electron chi connectivity index (χ0n) is 26.3. The van der Waals surface area contributed by atoms with E-state index in [1.807, 2.05) is 62.9 Å². The minimum absolute atomic E-state index is 0.164. The Morgan fingerprint density at radius 1 is 0.905 bits per heavy atom. The molecule has 3 aromatic carbocycles. The Bertz CT molecular complexity index is 1260. The van der Waals surface area contributed by atoms with Gasteiger partial charge >= 0.3 is 6.09 Å². The van der Waals surface area contributed by atoms with Gasteiger partial charge in [-0.3, -0.25) is 0 Å². The zero-order valence-corrected chi connectivity index (χ0v) is 27.3. The number of hydrogen-bond acceptors (Lipinski definition) is 5. The Labute approximate surface area is 253 Å². The van der Waals surface area contributed by atoms with Crippen LogP contribution in [0.25, 0.3) is 0 Å². The maximum atomic E-state index is 13.4. The van der Waals surface area contributed by atoms with Crippen molar-refractivity contribution < 1.29 is 18.7 Å². The summed E-state index contributed by atoms with van der Waals surface area (Å²) in [5.74, 6) is 0. The number of hydrogen-bond donors (Lipinski definition) is 1. The fourth-order valence-corrected chi connectivity index (χ4v) is 10.5. The first-order valence-corrected chi connectivity index (χ1v) is 17.0. The minimum Gasteiger partial charge on any atom is -0.444 e. The predicted molar refractivity (Wildman–Crippen MR) is 174 cm³/mol. The first-order chi connectivity index (χ1) is 19.8. The van der Waals surface area contributed by atoms with E-state index in [1.165, 1.54) is 10.4 Å². The molecule has 0 unspecified atom stereocenters. The summed E-state index contributed by atoms with van der Waals surface area (Å²) in [5.41, 5.74) is 7.51. The van der Waals surface area contributed by atoms with Crippen LogP contribution >= 0.6 is 0 Å². The van der Waals surface area contributed by atoms with Gasteiger partial charge in [-0.1, -0.05) is 99.6 Å². The smallest absolute Gasteiger partial charge is 0.410 e. The number of nitrogens with two attached hydrogens (primary N) is 1. The van der Waals surface area contributed by atoms with Crippen LogP contribution in [-0.4, -0.2) is 56.3 Å². The summed E-state index contributed by atoms with van der Waals surface area (Å²) >= 11 is 0. The highest BCUT2D eigenvalue weighted by atomic mass is 28.4. The molecule has 0 aromatic heterocycles. The molecule has 0 saturated carbocycles.